The van der Waals surface area contributed by atoms with E-state index < -0.39 is 97.3 Å². The summed E-state index contributed by atoms with van der Waals surface area (Å²) in [6.45, 7) is 3.03. The summed E-state index contributed by atoms with van der Waals surface area (Å²) in [7, 11) is 0. The minimum absolute atomic E-state index is 0.404. The Morgan fingerprint density at radius 1 is 0.758 bits per heavy atom. The van der Waals surface area contributed by atoms with Gasteiger partial charge >= 0.3 is 17.9 Å². The summed E-state index contributed by atoms with van der Waals surface area (Å²) >= 11 is 0. The summed E-state index contributed by atoms with van der Waals surface area (Å²) in [5, 5.41) is 33.3. The van der Waals surface area contributed by atoms with Crippen LogP contribution in [-0.2, 0) is 33.6 Å². The molecule has 0 aromatic rings. The van der Waals surface area contributed by atoms with Crippen molar-refractivity contribution in [2.45, 2.75) is 63.7 Å². The molecule has 15 nitrogen and oxygen atoms in total. The lowest BCUT2D eigenvalue weighted by Crippen LogP contribution is -2.58. The molecule has 0 heterocycles. The van der Waals surface area contributed by atoms with Crippen LogP contribution < -0.4 is 27.4 Å². The number of hydrogen-bond donors (Lipinski definition) is 8. The van der Waals surface area contributed by atoms with Gasteiger partial charge in [-0.25, -0.2) is 4.79 Å². The second-order valence-electron chi connectivity index (χ2n) is 7.50. The van der Waals surface area contributed by atoms with Gasteiger partial charge in [0.25, 0.3) is 0 Å². The zero-order chi connectivity index (χ0) is 25.9. The van der Waals surface area contributed by atoms with Gasteiger partial charge in [-0.15, -0.1) is 0 Å². The van der Waals surface area contributed by atoms with E-state index in [1.165, 1.54) is 13.8 Å². The molecule has 15 heteroatoms. The minimum atomic E-state index is -1.65. The molecule has 33 heavy (non-hydrogen) atoms. The van der Waals surface area contributed by atoms with Crippen molar-refractivity contribution in [1.29, 1.82) is 0 Å². The molecular weight excluding hydrogens is 446 g/mol. The Kier molecular flexibility index (Phi) is 12.1. The van der Waals surface area contributed by atoms with Crippen LogP contribution in [0.5, 0.6) is 0 Å². The highest BCUT2D eigenvalue weighted by Crippen LogP contribution is 2.07. The lowest BCUT2D eigenvalue weighted by atomic mass is 10.0. The summed E-state index contributed by atoms with van der Waals surface area (Å²) in [4.78, 5) is 81.2. The molecule has 10 N–H and O–H groups in total. The van der Waals surface area contributed by atoms with Crippen molar-refractivity contribution in [2.24, 2.45) is 17.4 Å². The normalized spacial score (nSPS) is 14.3. The van der Waals surface area contributed by atoms with Gasteiger partial charge in [0.05, 0.1) is 18.9 Å². The summed E-state index contributed by atoms with van der Waals surface area (Å²) in [5.74, 6) is -8.74. The first-order chi connectivity index (χ1) is 15.1. The van der Waals surface area contributed by atoms with E-state index in [-0.39, 0.29) is 0 Å². The predicted octanol–water partition coefficient (Wildman–Crippen LogP) is -3.28. The zero-order valence-electron chi connectivity index (χ0n) is 18.1. The number of aliphatic carboxylic acids is 3. The third-order valence-corrected chi connectivity index (χ3v) is 4.28. The van der Waals surface area contributed by atoms with Gasteiger partial charge < -0.3 is 42.7 Å². The number of rotatable bonds is 15. The number of amides is 4. The average Bonchev–Trinajstić information content (AvgIpc) is 2.66. The van der Waals surface area contributed by atoms with Crippen LogP contribution in [0.3, 0.4) is 0 Å². The highest BCUT2D eigenvalue weighted by Gasteiger charge is 2.32. The molecule has 0 aliphatic rings. The summed E-state index contributed by atoms with van der Waals surface area (Å²) in [5.41, 5.74) is 10.4. The third-order valence-electron chi connectivity index (χ3n) is 4.28. The van der Waals surface area contributed by atoms with Gasteiger partial charge in [-0.2, -0.15) is 0 Å². The molecule has 0 aliphatic carbocycles. The molecule has 0 rings (SSSR count). The third kappa shape index (κ3) is 11.4. The number of nitrogens with one attached hydrogen (secondary N) is 3. The smallest absolute Gasteiger partial charge is 0.326 e. The first kappa shape index (κ1) is 29.2. The highest BCUT2D eigenvalue weighted by molar-refractivity contribution is 5.95. The number of carbonyl (C=O) groups excluding carboxylic acids is 4. The number of carboxylic acids is 3. The van der Waals surface area contributed by atoms with E-state index in [9.17, 15) is 33.6 Å². The molecule has 0 unspecified atom stereocenters. The van der Waals surface area contributed by atoms with E-state index in [0.29, 0.717) is 0 Å². The first-order valence-corrected chi connectivity index (χ1v) is 9.77. The quantitative estimate of drug-likeness (QED) is 0.116. The summed E-state index contributed by atoms with van der Waals surface area (Å²) in [6.07, 6.45) is -2.39. The Bertz CT molecular complexity index is 785. The van der Waals surface area contributed by atoms with E-state index in [1.54, 1.807) is 0 Å². The number of carbonyl (C=O) groups is 7. The second-order valence-corrected chi connectivity index (χ2v) is 7.50. The molecule has 0 bridgehead atoms. The number of hydrogen-bond acceptors (Lipinski definition) is 8. The lowest BCUT2D eigenvalue weighted by molar-refractivity contribution is -0.144. The van der Waals surface area contributed by atoms with Gasteiger partial charge in [-0.05, 0) is 12.3 Å². The fraction of sp³-hybridized carbons (Fsp3) is 0.611. The summed E-state index contributed by atoms with van der Waals surface area (Å²) < 4.78 is 0. The topological polar surface area (TPSA) is 268 Å². The predicted molar refractivity (Wildman–Crippen MR) is 109 cm³/mol. The molecule has 0 spiro atoms. The molecule has 0 saturated carbocycles. The van der Waals surface area contributed by atoms with Crippen LogP contribution in [0.4, 0.5) is 0 Å². The van der Waals surface area contributed by atoms with E-state index >= 15 is 0 Å². The van der Waals surface area contributed by atoms with E-state index in [2.05, 4.69) is 16.0 Å². The standard InChI is InChI=1S/C18H29N5O10/c1-7(2)14(17(31)22-10(18(32)33)6-11(20)24)23-16(30)9(3-4-12(25)26)21-15(29)8(19)5-13(27)28/h7-10,14H,3-6,19H2,1-2H3,(H2,20,24)(H,21,29)(H,22,31)(H,23,30)(H,25,26)(H,27,28)(H,32,33)/t8-,9-,10-,14-/m0/s1. The van der Waals surface area contributed by atoms with Crippen molar-refractivity contribution in [3.63, 3.8) is 0 Å². The average molecular weight is 475 g/mol. The monoisotopic (exact) mass is 475 g/mol. The molecule has 0 fully saturated rings. The SMILES string of the molecule is CC(C)[C@H](NC(=O)[C@H](CCC(=O)O)NC(=O)[C@@H](N)CC(=O)O)C(=O)N[C@@H](CC(N)=O)C(=O)O. The molecule has 4 amide bonds. The van der Waals surface area contributed by atoms with Crippen LogP contribution in [-0.4, -0.2) is 81.0 Å². The minimum Gasteiger partial charge on any atom is -0.481 e. The van der Waals surface area contributed by atoms with Crippen molar-refractivity contribution in [3.8, 4) is 0 Å². The Labute approximate surface area is 188 Å². The lowest BCUT2D eigenvalue weighted by Gasteiger charge is -2.26. The van der Waals surface area contributed by atoms with E-state index in [0.717, 1.165) is 0 Å². The highest BCUT2D eigenvalue weighted by atomic mass is 16.4. The molecule has 4 atom stereocenters. The number of carboxylic acid groups (broad SMARTS) is 3. The van der Waals surface area contributed by atoms with Gasteiger partial charge in [-0.1, -0.05) is 13.8 Å². The van der Waals surface area contributed by atoms with E-state index in [1.807, 2.05) is 0 Å². The Morgan fingerprint density at radius 3 is 1.73 bits per heavy atom. The maximum atomic E-state index is 12.7. The number of primary amides is 1. The Morgan fingerprint density at radius 2 is 1.30 bits per heavy atom. The molecule has 0 aliphatic heterocycles. The van der Waals surface area contributed by atoms with Crippen molar-refractivity contribution in [1.82, 2.24) is 16.0 Å². The maximum absolute atomic E-state index is 12.7. The van der Waals surface area contributed by atoms with Crippen molar-refractivity contribution in [3.05, 3.63) is 0 Å². The fourth-order valence-corrected chi connectivity index (χ4v) is 2.55. The molecular formula is C18H29N5O10. The van der Waals surface area contributed by atoms with E-state index in [4.69, 9.17) is 26.8 Å². The Balaban J connectivity index is 5.52. The van der Waals surface area contributed by atoms with Gasteiger partial charge in [0.15, 0.2) is 0 Å². The second kappa shape index (κ2) is 13.6. The van der Waals surface area contributed by atoms with Crippen LogP contribution in [0.2, 0.25) is 0 Å². The molecule has 0 aromatic carbocycles. The van der Waals surface area contributed by atoms with Crippen molar-refractivity contribution < 1.29 is 48.9 Å². The summed E-state index contributed by atoms with van der Waals surface area (Å²) in [6, 6.07) is -5.98. The van der Waals surface area contributed by atoms with Crippen LogP contribution in [0.15, 0.2) is 0 Å². The fourth-order valence-electron chi connectivity index (χ4n) is 2.55. The van der Waals surface area contributed by atoms with Crippen LogP contribution in [0.25, 0.3) is 0 Å². The van der Waals surface area contributed by atoms with Gasteiger partial charge in [0.1, 0.15) is 18.1 Å². The number of nitrogens with two attached hydrogens (primary N) is 2. The van der Waals surface area contributed by atoms with Crippen molar-refractivity contribution in [2.75, 3.05) is 0 Å². The van der Waals surface area contributed by atoms with Crippen LogP contribution in [0.1, 0.15) is 39.5 Å². The molecule has 0 aromatic heterocycles. The molecule has 0 saturated heterocycles. The molecule has 0 radical (unpaired) electrons. The van der Waals surface area contributed by atoms with Crippen molar-refractivity contribution >= 4 is 41.5 Å². The van der Waals surface area contributed by atoms with Crippen LogP contribution >= 0.6 is 0 Å². The van der Waals surface area contributed by atoms with Gasteiger partial charge in [0, 0.05) is 6.42 Å². The zero-order valence-corrected chi connectivity index (χ0v) is 18.1. The maximum Gasteiger partial charge on any atom is 0.326 e. The largest absolute Gasteiger partial charge is 0.481 e. The van der Waals surface area contributed by atoms with Crippen LogP contribution in [0, 0.1) is 5.92 Å². The Hall–Kier alpha value is -3.75. The molecule has 186 valence electrons. The van der Waals surface area contributed by atoms with Gasteiger partial charge in [0.2, 0.25) is 23.6 Å². The first-order valence-electron chi connectivity index (χ1n) is 9.77. The van der Waals surface area contributed by atoms with Gasteiger partial charge in [-0.3, -0.25) is 28.8 Å².